The van der Waals surface area contributed by atoms with Crippen LogP contribution >= 0.6 is 0 Å². The average molecular weight is 223 g/mol. The van der Waals surface area contributed by atoms with Crippen LogP contribution in [0, 0.1) is 11.3 Å². The van der Waals surface area contributed by atoms with E-state index in [4.69, 9.17) is 11.0 Å². The van der Waals surface area contributed by atoms with Gasteiger partial charge in [-0.3, -0.25) is 4.79 Å². The topological polar surface area (TPSA) is 78.9 Å². The lowest BCUT2D eigenvalue weighted by atomic mass is 9.80. The van der Waals surface area contributed by atoms with Crippen LogP contribution in [0.2, 0.25) is 0 Å². The van der Waals surface area contributed by atoms with Gasteiger partial charge in [0.1, 0.15) is 0 Å². The van der Waals surface area contributed by atoms with E-state index in [0.29, 0.717) is 19.4 Å². The van der Waals surface area contributed by atoms with E-state index in [-0.39, 0.29) is 11.4 Å². The van der Waals surface area contributed by atoms with Gasteiger partial charge >= 0.3 is 0 Å². The Labute approximate surface area is 97.2 Å². The molecule has 0 radical (unpaired) electrons. The van der Waals surface area contributed by atoms with Crippen molar-refractivity contribution in [3.63, 3.8) is 0 Å². The van der Waals surface area contributed by atoms with Gasteiger partial charge in [0.05, 0.1) is 6.07 Å². The third-order valence-electron chi connectivity index (χ3n) is 3.15. The minimum atomic E-state index is -0.280. The van der Waals surface area contributed by atoms with Gasteiger partial charge in [0.15, 0.2) is 0 Å². The van der Waals surface area contributed by atoms with Crippen molar-refractivity contribution in [1.29, 1.82) is 5.26 Å². The Morgan fingerprint density at radius 2 is 2.06 bits per heavy atom. The van der Waals surface area contributed by atoms with Crippen molar-refractivity contribution in [2.75, 3.05) is 6.54 Å². The molecular formula is C12H21N3O. The van der Waals surface area contributed by atoms with Crippen LogP contribution in [0.25, 0.3) is 0 Å². The molecule has 1 aliphatic carbocycles. The number of nitrogens with one attached hydrogen (secondary N) is 1. The fraction of sp³-hybridized carbons (Fsp3) is 0.833. The zero-order valence-corrected chi connectivity index (χ0v) is 9.80. The smallest absolute Gasteiger partial charge is 0.221 e. The highest BCUT2D eigenvalue weighted by Crippen LogP contribution is 2.28. The maximum absolute atomic E-state index is 11.6. The molecule has 0 heterocycles. The number of rotatable bonds is 5. The van der Waals surface area contributed by atoms with Crippen LogP contribution in [0.5, 0.6) is 0 Å². The van der Waals surface area contributed by atoms with Gasteiger partial charge in [-0.25, -0.2) is 0 Å². The Bertz CT molecular complexity index is 264. The molecule has 1 aliphatic rings. The molecule has 1 saturated carbocycles. The number of carbonyl (C=O) groups excluding carboxylic acids is 1. The summed E-state index contributed by atoms with van der Waals surface area (Å²) >= 11 is 0. The molecule has 16 heavy (non-hydrogen) atoms. The average Bonchev–Trinajstić information content (AvgIpc) is 2.25. The van der Waals surface area contributed by atoms with Crippen molar-refractivity contribution in [3.05, 3.63) is 0 Å². The molecule has 90 valence electrons. The van der Waals surface area contributed by atoms with Crippen LogP contribution in [0.1, 0.15) is 51.4 Å². The third kappa shape index (κ3) is 4.63. The van der Waals surface area contributed by atoms with Crippen LogP contribution in [-0.4, -0.2) is 18.0 Å². The summed E-state index contributed by atoms with van der Waals surface area (Å²) in [4.78, 5) is 11.6. The Morgan fingerprint density at radius 1 is 1.38 bits per heavy atom. The maximum atomic E-state index is 11.6. The Kier molecular flexibility index (Phi) is 5.27. The molecule has 4 nitrogen and oxygen atoms in total. The number of nitriles is 1. The molecule has 0 spiro atoms. The Balaban J connectivity index is 2.20. The zero-order chi connectivity index (χ0) is 11.9. The normalized spacial score (nSPS) is 18.8. The number of nitrogens with two attached hydrogens (primary N) is 1. The zero-order valence-electron chi connectivity index (χ0n) is 9.80. The van der Waals surface area contributed by atoms with Gasteiger partial charge in [0.2, 0.25) is 5.91 Å². The Hall–Kier alpha value is -1.08. The van der Waals surface area contributed by atoms with Crippen LogP contribution in [-0.2, 0) is 4.79 Å². The predicted octanol–water partition coefficient (Wildman–Crippen LogP) is 1.46. The molecule has 0 aromatic carbocycles. The van der Waals surface area contributed by atoms with E-state index in [1.54, 1.807) is 0 Å². The van der Waals surface area contributed by atoms with E-state index in [1.807, 2.05) is 0 Å². The van der Waals surface area contributed by atoms with E-state index in [9.17, 15) is 4.79 Å². The van der Waals surface area contributed by atoms with Crippen molar-refractivity contribution < 1.29 is 4.79 Å². The summed E-state index contributed by atoms with van der Waals surface area (Å²) in [5, 5.41) is 11.2. The molecule has 0 saturated heterocycles. The summed E-state index contributed by atoms with van der Waals surface area (Å²) in [7, 11) is 0. The van der Waals surface area contributed by atoms with Crippen LogP contribution < -0.4 is 11.1 Å². The summed E-state index contributed by atoms with van der Waals surface area (Å²) < 4.78 is 0. The molecule has 3 N–H and O–H groups in total. The van der Waals surface area contributed by atoms with Crippen molar-refractivity contribution in [3.8, 4) is 6.07 Å². The fourth-order valence-electron chi connectivity index (χ4n) is 2.21. The molecular weight excluding hydrogens is 202 g/mol. The first-order valence-corrected chi connectivity index (χ1v) is 6.09. The summed E-state index contributed by atoms with van der Waals surface area (Å²) in [6, 6.07) is 2.05. The summed E-state index contributed by atoms with van der Waals surface area (Å²) in [6.07, 6.45) is 7.07. The second kappa shape index (κ2) is 6.49. The number of hydrogen-bond acceptors (Lipinski definition) is 3. The van der Waals surface area contributed by atoms with E-state index < -0.39 is 0 Å². The Morgan fingerprint density at radius 3 is 2.69 bits per heavy atom. The first kappa shape index (κ1) is 13.0. The first-order chi connectivity index (χ1) is 7.66. The number of hydrogen-bond donors (Lipinski definition) is 2. The van der Waals surface area contributed by atoms with Crippen LogP contribution in [0.15, 0.2) is 0 Å². The van der Waals surface area contributed by atoms with Crippen molar-refractivity contribution in [1.82, 2.24) is 5.32 Å². The van der Waals surface area contributed by atoms with Gasteiger partial charge in [-0.1, -0.05) is 19.3 Å². The summed E-state index contributed by atoms with van der Waals surface area (Å²) in [5.74, 6) is 0.0299. The van der Waals surface area contributed by atoms with Crippen LogP contribution in [0.3, 0.4) is 0 Å². The minimum absolute atomic E-state index is 0.0299. The molecule has 0 bridgehead atoms. The summed E-state index contributed by atoms with van der Waals surface area (Å²) in [5.41, 5.74) is 5.90. The van der Waals surface area contributed by atoms with E-state index in [0.717, 1.165) is 32.1 Å². The van der Waals surface area contributed by atoms with Gasteiger partial charge in [-0.2, -0.15) is 5.26 Å². The molecule has 0 aliphatic heterocycles. The lowest BCUT2D eigenvalue weighted by Crippen LogP contribution is -2.46. The van der Waals surface area contributed by atoms with Gasteiger partial charge in [-0.05, 0) is 19.3 Å². The second-order valence-corrected chi connectivity index (χ2v) is 4.71. The number of nitrogens with zero attached hydrogens (tertiary/aromatic N) is 1. The number of amides is 1. The van der Waals surface area contributed by atoms with Crippen molar-refractivity contribution >= 4 is 5.91 Å². The molecule has 0 unspecified atom stereocenters. The predicted molar refractivity (Wildman–Crippen MR) is 62.5 cm³/mol. The molecule has 0 aromatic heterocycles. The number of unbranched alkanes of at least 4 members (excludes halogenated alkanes) is 1. The second-order valence-electron chi connectivity index (χ2n) is 4.71. The van der Waals surface area contributed by atoms with E-state index in [2.05, 4.69) is 11.4 Å². The minimum Gasteiger partial charge on any atom is -0.356 e. The van der Waals surface area contributed by atoms with Crippen molar-refractivity contribution in [2.24, 2.45) is 5.73 Å². The maximum Gasteiger partial charge on any atom is 0.221 e. The van der Waals surface area contributed by atoms with Crippen molar-refractivity contribution in [2.45, 2.75) is 56.9 Å². The van der Waals surface area contributed by atoms with Gasteiger partial charge in [0, 0.05) is 24.9 Å². The number of carbonyl (C=O) groups is 1. The highest BCUT2D eigenvalue weighted by atomic mass is 16.1. The fourth-order valence-corrected chi connectivity index (χ4v) is 2.21. The largest absolute Gasteiger partial charge is 0.356 e. The molecule has 1 fully saturated rings. The third-order valence-corrected chi connectivity index (χ3v) is 3.15. The lowest BCUT2D eigenvalue weighted by Gasteiger charge is -2.32. The van der Waals surface area contributed by atoms with Gasteiger partial charge in [-0.15, -0.1) is 0 Å². The quantitative estimate of drug-likeness (QED) is 0.692. The highest BCUT2D eigenvalue weighted by Gasteiger charge is 2.29. The molecule has 1 rings (SSSR count). The highest BCUT2D eigenvalue weighted by molar-refractivity contribution is 5.77. The van der Waals surface area contributed by atoms with Gasteiger partial charge in [0.25, 0.3) is 0 Å². The monoisotopic (exact) mass is 223 g/mol. The van der Waals surface area contributed by atoms with E-state index >= 15 is 0 Å². The SMILES string of the molecule is N#CCCCNC(=O)CC1(N)CCCCC1. The van der Waals surface area contributed by atoms with E-state index in [1.165, 1.54) is 6.42 Å². The lowest BCUT2D eigenvalue weighted by molar-refractivity contribution is -0.122. The molecule has 0 aromatic rings. The first-order valence-electron chi connectivity index (χ1n) is 6.09. The molecule has 1 amide bonds. The molecule has 0 atom stereocenters. The molecule has 4 heteroatoms. The van der Waals surface area contributed by atoms with Gasteiger partial charge < -0.3 is 11.1 Å². The summed E-state index contributed by atoms with van der Waals surface area (Å²) in [6.45, 7) is 0.586. The standard InChI is InChI=1S/C12H21N3O/c13-8-4-5-9-15-11(16)10-12(14)6-2-1-3-7-12/h1-7,9-10,14H2,(H,15,16). The van der Waals surface area contributed by atoms with Crippen LogP contribution in [0.4, 0.5) is 0 Å².